The normalized spacial score (nSPS) is 11.3. The van der Waals surface area contributed by atoms with Crippen molar-refractivity contribution >= 4 is 64.7 Å². The van der Waals surface area contributed by atoms with Crippen LogP contribution in [-0.2, 0) is 88.0 Å². The van der Waals surface area contributed by atoms with Gasteiger partial charge in [0.05, 0.1) is 34.3 Å². The summed E-state index contributed by atoms with van der Waals surface area (Å²) >= 11 is 0. The van der Waals surface area contributed by atoms with Crippen molar-refractivity contribution in [3.05, 3.63) is 351 Å². The molecule has 0 spiro atoms. The molecule has 27 nitrogen and oxygen atoms in total. The molecule has 9 N–H and O–H groups in total. The Bertz CT molecular complexity index is 5470. The fourth-order valence-corrected chi connectivity index (χ4v) is 14.8. The van der Waals surface area contributed by atoms with Gasteiger partial charge in [-0.05, 0) is 167 Å². The molecule has 0 saturated heterocycles. The summed E-state index contributed by atoms with van der Waals surface area (Å²) < 4.78 is 79.6. The molecule has 0 fully saturated rings. The van der Waals surface area contributed by atoms with Gasteiger partial charge in [-0.25, -0.2) is 40.2 Å². The summed E-state index contributed by atoms with van der Waals surface area (Å²) in [6.07, 6.45) is 15.6. The Morgan fingerprint density at radius 3 is 0.982 bits per heavy atom. The first-order valence-electron chi connectivity index (χ1n) is 34.6. The van der Waals surface area contributed by atoms with Crippen LogP contribution in [0, 0.1) is 20.8 Å². The molecule has 0 aliphatic rings. The van der Waals surface area contributed by atoms with Gasteiger partial charge in [-0.2, -0.15) is 0 Å². The third-order valence-electron chi connectivity index (χ3n) is 17.7. The van der Waals surface area contributed by atoms with Gasteiger partial charge in [0, 0.05) is 164 Å². The maximum atomic E-state index is 12.7. The van der Waals surface area contributed by atoms with Crippen LogP contribution in [0.4, 0.5) is 17.5 Å². The summed E-state index contributed by atoms with van der Waals surface area (Å²) in [4.78, 5) is 101. The van der Waals surface area contributed by atoms with Crippen molar-refractivity contribution in [2.24, 2.45) is 0 Å². The Labute approximate surface area is 641 Å². The van der Waals surface area contributed by atoms with Gasteiger partial charge in [0.25, 0.3) is 34.4 Å². The van der Waals surface area contributed by atoms with Gasteiger partial charge in [0.2, 0.25) is 0 Å². The second kappa shape index (κ2) is 35.9. The molecule has 9 heterocycles. The minimum Gasteiger partial charge on any atom is -0.384 e. The lowest BCUT2D eigenvalue weighted by molar-refractivity contribution is 0.0942. The quantitative estimate of drug-likeness (QED) is 0.0341. The molecule has 9 aromatic heterocycles. The van der Waals surface area contributed by atoms with Crippen LogP contribution in [0.1, 0.15) is 115 Å². The average molecular weight is 1550 g/mol. The number of aryl methyl sites for hydroxylation is 3. The molecule has 0 aliphatic carbocycles. The minimum absolute atomic E-state index is 0.138. The number of nitrogens with one attached hydrogen (secondary N) is 3. The molecule has 570 valence electrons. The van der Waals surface area contributed by atoms with Crippen LogP contribution < -0.4 is 49.8 Å². The van der Waals surface area contributed by atoms with E-state index in [0.717, 1.165) is 69.1 Å². The fourth-order valence-electron chi connectivity index (χ4n) is 11.9. The lowest BCUT2D eigenvalue weighted by Gasteiger charge is -2.12. The van der Waals surface area contributed by atoms with Crippen molar-refractivity contribution in [2.45, 2.75) is 94.0 Å². The molecule has 0 atom stereocenters. The summed E-state index contributed by atoms with van der Waals surface area (Å²) in [7, 11) is -10.7. The zero-order valence-corrected chi connectivity index (χ0v) is 64.0. The van der Waals surface area contributed by atoms with Gasteiger partial charge < -0.3 is 46.9 Å². The molecule has 0 radical (unpaired) electrons. The second-order valence-corrected chi connectivity index (χ2v) is 32.3. The highest BCUT2D eigenvalue weighted by molar-refractivity contribution is 7.91. The number of hydrogen-bond acceptors (Lipinski definition) is 21. The van der Waals surface area contributed by atoms with Gasteiger partial charge >= 0.3 is 0 Å². The number of hydrogen-bond donors (Lipinski definition) is 6. The predicted molar refractivity (Wildman–Crippen MR) is 423 cm³/mol. The number of aromatic nitrogens is 9. The van der Waals surface area contributed by atoms with Gasteiger partial charge in [0.15, 0.2) is 29.5 Å². The van der Waals surface area contributed by atoms with E-state index in [1.54, 1.807) is 171 Å². The van der Waals surface area contributed by atoms with E-state index in [-0.39, 0.29) is 68.7 Å². The Morgan fingerprint density at radius 1 is 0.369 bits per heavy atom. The Hall–Kier alpha value is -12.9. The molecule has 0 bridgehead atoms. The molecule has 3 amide bonds. The number of nitrogens with zero attached hydrogens (tertiary/aromatic N) is 9. The average Bonchev–Trinajstić information content (AvgIpc) is 0.813. The van der Waals surface area contributed by atoms with Crippen molar-refractivity contribution in [1.82, 2.24) is 59.6 Å². The van der Waals surface area contributed by atoms with Crippen LogP contribution in [0.25, 0.3) is 0 Å². The van der Waals surface area contributed by atoms with Crippen LogP contribution in [0.3, 0.4) is 0 Å². The standard InChI is InChI=1S/3C27H27N5O4S/c2*1-18-21(8-9-25(28)31-18)16-30-27(34)20-10-11-29-23(15-20)13-19-6-7-22(24(14-19)37(2,35)36)17-32-12-4-3-5-26(32)33;1-18-11-25(28)30-15-22(18)16-31-27(34)20-8-9-29-23(14-20)12-19-6-7-21(24(13-19)37(2,35)36)17-32-10-4-3-5-26(32)33/h2*3-12,14-15H,13,16-17H2,1-2H3,(H2,28,31)(H,30,34);3-11,13-15H,12,16-17H2,1-2H3,(H2,28,30)(H,31,34). The number of nitrogens with two attached hydrogens (primary N) is 3. The number of benzene rings is 3. The predicted octanol–water partition coefficient (Wildman–Crippen LogP) is 7.50. The molecule has 3 aromatic carbocycles. The van der Waals surface area contributed by atoms with Gasteiger partial charge in [-0.1, -0.05) is 66.7 Å². The van der Waals surface area contributed by atoms with Gasteiger partial charge in [0.1, 0.15) is 17.5 Å². The Kier molecular flexibility index (Phi) is 26.0. The summed E-state index contributed by atoms with van der Waals surface area (Å²) in [6, 6.07) is 48.4. The van der Waals surface area contributed by atoms with E-state index in [1.165, 1.54) is 31.9 Å². The first kappa shape index (κ1) is 80.6. The minimum atomic E-state index is -3.56. The van der Waals surface area contributed by atoms with Crippen molar-refractivity contribution in [3.8, 4) is 0 Å². The maximum absolute atomic E-state index is 12.7. The van der Waals surface area contributed by atoms with Crippen LogP contribution in [-0.4, -0.2) is 105 Å². The SMILES string of the molecule is Cc1cc(N)ncc1CNC(=O)c1ccnc(Cc2ccc(Cn3ccccc3=O)c(S(C)(=O)=O)c2)c1.Cc1nc(N)ccc1CNC(=O)c1ccnc(Cc2ccc(Cn3ccccc3=O)c(S(C)(=O)=O)c2)c1.Cc1nc(N)ccc1CNC(=O)c1ccnc(Cc2ccc(Cn3ccccc3=O)c(S(C)(=O)=O)c2)c1. The highest BCUT2D eigenvalue weighted by Crippen LogP contribution is 2.25. The number of sulfone groups is 3. The van der Waals surface area contributed by atoms with Crippen molar-refractivity contribution in [1.29, 1.82) is 0 Å². The zero-order chi connectivity index (χ0) is 79.7. The van der Waals surface area contributed by atoms with E-state index in [4.69, 9.17) is 17.2 Å². The number of carbonyl (C=O) groups is 3. The molecule has 0 aliphatic heterocycles. The largest absolute Gasteiger partial charge is 0.384 e. The van der Waals surface area contributed by atoms with E-state index >= 15 is 0 Å². The third-order valence-corrected chi connectivity index (χ3v) is 21.2. The summed E-state index contributed by atoms with van der Waals surface area (Å²) in [5.41, 5.74) is 28.3. The molecule has 111 heavy (non-hydrogen) atoms. The maximum Gasteiger partial charge on any atom is 0.251 e. The van der Waals surface area contributed by atoms with Crippen LogP contribution >= 0.6 is 0 Å². The number of carbonyl (C=O) groups excluding carboxylic acids is 3. The van der Waals surface area contributed by atoms with E-state index in [9.17, 15) is 54.0 Å². The molecule has 30 heteroatoms. The van der Waals surface area contributed by atoms with E-state index in [2.05, 4.69) is 45.9 Å². The number of rotatable bonds is 24. The second-order valence-electron chi connectivity index (χ2n) is 26.3. The van der Waals surface area contributed by atoms with Crippen LogP contribution in [0.2, 0.25) is 0 Å². The van der Waals surface area contributed by atoms with Crippen LogP contribution in [0.5, 0.6) is 0 Å². The Balaban J connectivity index is 0.000000177. The van der Waals surface area contributed by atoms with Gasteiger partial charge in [-0.3, -0.25) is 43.7 Å². The molecule has 0 saturated carbocycles. The van der Waals surface area contributed by atoms with Crippen LogP contribution in [0.15, 0.2) is 248 Å². The zero-order valence-electron chi connectivity index (χ0n) is 61.5. The van der Waals surface area contributed by atoms with E-state index in [0.29, 0.717) is 107 Å². The first-order valence-corrected chi connectivity index (χ1v) is 40.2. The summed E-state index contributed by atoms with van der Waals surface area (Å²) in [6.45, 7) is 6.89. The number of nitrogen functional groups attached to an aromatic ring is 3. The fraction of sp³-hybridized carbons (Fsp3) is 0.185. The number of pyridine rings is 9. The number of anilines is 3. The first-order chi connectivity index (χ1) is 52.8. The molecule has 12 aromatic rings. The van der Waals surface area contributed by atoms with Crippen molar-refractivity contribution in [2.75, 3.05) is 36.0 Å². The third kappa shape index (κ3) is 22.6. The van der Waals surface area contributed by atoms with Crippen molar-refractivity contribution in [3.63, 3.8) is 0 Å². The topological polar surface area (TPSA) is 411 Å². The molecular weight excluding hydrogens is 1470 g/mol. The summed E-state index contributed by atoms with van der Waals surface area (Å²) in [5.74, 6) is 0.480. The van der Waals surface area contributed by atoms with Crippen molar-refractivity contribution < 1.29 is 39.6 Å². The smallest absolute Gasteiger partial charge is 0.251 e. The lowest BCUT2D eigenvalue weighted by Crippen LogP contribution is -2.23. The lowest BCUT2D eigenvalue weighted by atomic mass is 10.1. The monoisotopic (exact) mass is 1550 g/mol. The highest BCUT2D eigenvalue weighted by Gasteiger charge is 2.21. The highest BCUT2D eigenvalue weighted by atomic mass is 32.2. The molecular formula is C81H81N15O12S3. The Morgan fingerprint density at radius 2 is 0.685 bits per heavy atom. The van der Waals surface area contributed by atoms with E-state index in [1.807, 2.05) is 51.1 Å². The molecule has 12 rings (SSSR count). The number of amides is 3. The van der Waals surface area contributed by atoms with E-state index < -0.39 is 29.5 Å². The summed E-state index contributed by atoms with van der Waals surface area (Å²) in [5, 5.41) is 8.63. The molecule has 0 unspecified atom stereocenters. The van der Waals surface area contributed by atoms with Gasteiger partial charge in [-0.15, -0.1) is 0 Å².